The largest absolute Gasteiger partial charge is 0.492 e. The predicted octanol–water partition coefficient (Wildman–Crippen LogP) is 1.71. The van der Waals surface area contributed by atoms with E-state index in [1.165, 1.54) is 13.0 Å². The number of benzene rings is 1. The molecule has 0 aliphatic rings. The highest BCUT2D eigenvalue weighted by molar-refractivity contribution is 7.89. The quantitative estimate of drug-likeness (QED) is 0.839. The lowest BCUT2D eigenvalue weighted by molar-refractivity contribution is 0.198. The van der Waals surface area contributed by atoms with Gasteiger partial charge in [0.25, 0.3) is 0 Å². The number of sulfonamides is 1. The third-order valence-corrected chi connectivity index (χ3v) is 4.24. The Labute approximate surface area is 118 Å². The molecule has 1 aromatic carbocycles. The summed E-state index contributed by atoms with van der Waals surface area (Å²) in [5.41, 5.74) is 0.736. The van der Waals surface area contributed by atoms with Crippen molar-refractivity contribution in [3.63, 3.8) is 0 Å². The van der Waals surface area contributed by atoms with E-state index in [1.807, 2.05) is 0 Å². The van der Waals surface area contributed by atoms with Gasteiger partial charge >= 0.3 is 0 Å². The smallest absolute Gasteiger partial charge is 0.244 e. The van der Waals surface area contributed by atoms with Gasteiger partial charge in [0, 0.05) is 11.6 Å². The average Bonchev–Trinajstić information content (AvgIpc) is 2.31. The highest BCUT2D eigenvalue weighted by Gasteiger charge is 2.21. The van der Waals surface area contributed by atoms with Crippen LogP contribution in [0.25, 0.3) is 0 Å². The van der Waals surface area contributed by atoms with Crippen molar-refractivity contribution in [3.05, 3.63) is 22.7 Å². The molecule has 7 heteroatoms. The molecule has 1 rings (SSSR count). The zero-order valence-electron chi connectivity index (χ0n) is 11.1. The Kier molecular flexibility index (Phi) is 5.61. The van der Waals surface area contributed by atoms with Gasteiger partial charge in [-0.25, -0.2) is 13.1 Å². The molecule has 19 heavy (non-hydrogen) atoms. The van der Waals surface area contributed by atoms with Crippen molar-refractivity contribution in [1.82, 2.24) is 4.72 Å². The number of ether oxygens (including phenoxy) is 1. The van der Waals surface area contributed by atoms with E-state index >= 15 is 0 Å². The van der Waals surface area contributed by atoms with Crippen molar-refractivity contribution in [2.75, 3.05) is 13.2 Å². The maximum atomic E-state index is 12.1. The van der Waals surface area contributed by atoms with Gasteiger partial charge in [0.05, 0.1) is 12.7 Å². The summed E-state index contributed by atoms with van der Waals surface area (Å²) in [7, 11) is -3.77. The summed E-state index contributed by atoms with van der Waals surface area (Å²) >= 11 is 5.96. The normalized spacial score (nSPS) is 13.3. The van der Waals surface area contributed by atoms with Crippen LogP contribution in [0.4, 0.5) is 0 Å². The fourth-order valence-electron chi connectivity index (χ4n) is 1.42. The van der Waals surface area contributed by atoms with Gasteiger partial charge in [0.1, 0.15) is 10.6 Å². The predicted molar refractivity (Wildman–Crippen MR) is 74.2 cm³/mol. The maximum Gasteiger partial charge on any atom is 0.244 e. The highest BCUT2D eigenvalue weighted by Crippen LogP contribution is 2.30. The topological polar surface area (TPSA) is 75.6 Å². The molecular weight excluding hydrogens is 290 g/mol. The molecular formula is C12H18ClNO4S. The van der Waals surface area contributed by atoms with E-state index in [0.29, 0.717) is 11.6 Å². The van der Waals surface area contributed by atoms with Crippen LogP contribution in [0, 0.1) is 6.92 Å². The van der Waals surface area contributed by atoms with Gasteiger partial charge in [-0.05, 0) is 38.5 Å². The molecule has 0 saturated heterocycles. The van der Waals surface area contributed by atoms with Crippen LogP contribution in [0.3, 0.4) is 0 Å². The van der Waals surface area contributed by atoms with E-state index in [9.17, 15) is 8.42 Å². The van der Waals surface area contributed by atoms with Crippen LogP contribution < -0.4 is 9.46 Å². The van der Waals surface area contributed by atoms with E-state index in [-0.39, 0.29) is 17.2 Å². The van der Waals surface area contributed by atoms with Crippen LogP contribution in [0.2, 0.25) is 5.02 Å². The molecule has 0 fully saturated rings. The van der Waals surface area contributed by atoms with E-state index in [1.54, 1.807) is 19.9 Å². The lowest BCUT2D eigenvalue weighted by Gasteiger charge is -2.14. The average molecular weight is 308 g/mol. The molecule has 2 N–H and O–H groups in total. The summed E-state index contributed by atoms with van der Waals surface area (Å²) < 4.78 is 31.9. The van der Waals surface area contributed by atoms with E-state index in [4.69, 9.17) is 21.4 Å². The number of halogens is 1. The second kappa shape index (κ2) is 6.56. The second-order valence-electron chi connectivity index (χ2n) is 4.18. The van der Waals surface area contributed by atoms with Gasteiger partial charge in [-0.3, -0.25) is 0 Å². The molecule has 0 radical (unpaired) electrons. The van der Waals surface area contributed by atoms with Crippen molar-refractivity contribution in [3.8, 4) is 5.75 Å². The number of rotatable bonds is 6. The number of aryl methyl sites for hydroxylation is 1. The van der Waals surface area contributed by atoms with E-state index < -0.39 is 16.1 Å². The summed E-state index contributed by atoms with van der Waals surface area (Å²) in [6, 6.07) is 2.94. The molecule has 0 aromatic heterocycles. The maximum absolute atomic E-state index is 12.1. The van der Waals surface area contributed by atoms with E-state index in [0.717, 1.165) is 5.56 Å². The first kappa shape index (κ1) is 16.2. The summed E-state index contributed by atoms with van der Waals surface area (Å²) in [5.74, 6) is 0.252. The van der Waals surface area contributed by atoms with Gasteiger partial charge in [0.15, 0.2) is 0 Å². The first-order chi connectivity index (χ1) is 8.77. The minimum Gasteiger partial charge on any atom is -0.492 e. The fraction of sp³-hybridized carbons (Fsp3) is 0.500. The molecule has 1 aromatic rings. The highest BCUT2D eigenvalue weighted by atomic mass is 35.5. The van der Waals surface area contributed by atoms with Crippen molar-refractivity contribution in [1.29, 1.82) is 0 Å². The SMILES string of the molecule is CCOc1cc(C)c(Cl)cc1S(=O)(=O)NC[C@H](C)O. The van der Waals surface area contributed by atoms with E-state index in [2.05, 4.69) is 4.72 Å². The fourth-order valence-corrected chi connectivity index (χ4v) is 2.92. The Bertz CT molecular complexity index is 543. The molecule has 0 aliphatic heterocycles. The molecule has 5 nitrogen and oxygen atoms in total. The molecule has 0 heterocycles. The standard InChI is InChI=1S/C12H18ClNO4S/c1-4-18-11-5-8(2)10(13)6-12(11)19(16,17)14-7-9(3)15/h5-6,9,14-15H,4,7H2,1-3H3/t9-/m0/s1. The minimum absolute atomic E-state index is 0.0226. The molecule has 1 atom stereocenters. The second-order valence-corrected chi connectivity index (χ2v) is 6.32. The molecule has 0 amide bonds. The third-order valence-electron chi connectivity index (χ3n) is 2.38. The Morgan fingerprint density at radius 2 is 2.11 bits per heavy atom. The third kappa shape index (κ3) is 4.35. The van der Waals surface area contributed by atoms with Crippen LogP contribution in [-0.4, -0.2) is 32.8 Å². The van der Waals surface area contributed by atoms with Crippen LogP contribution in [0.15, 0.2) is 17.0 Å². The lowest BCUT2D eigenvalue weighted by Crippen LogP contribution is -2.31. The monoisotopic (exact) mass is 307 g/mol. The van der Waals surface area contributed by atoms with Gasteiger partial charge in [-0.15, -0.1) is 0 Å². The molecule has 0 bridgehead atoms. The van der Waals surface area contributed by atoms with Crippen LogP contribution in [0.5, 0.6) is 5.75 Å². The molecule has 0 saturated carbocycles. The lowest BCUT2D eigenvalue weighted by atomic mass is 10.2. The molecule has 0 unspecified atom stereocenters. The molecule has 108 valence electrons. The van der Waals surface area contributed by atoms with Gasteiger partial charge in [-0.1, -0.05) is 11.6 Å². The van der Waals surface area contributed by atoms with Crippen molar-refractivity contribution < 1.29 is 18.3 Å². The summed E-state index contributed by atoms with van der Waals surface area (Å²) in [4.78, 5) is -0.0226. The Hall–Kier alpha value is -0.820. The number of hydrogen-bond donors (Lipinski definition) is 2. The van der Waals surface area contributed by atoms with Gasteiger partial charge in [-0.2, -0.15) is 0 Å². The first-order valence-electron chi connectivity index (χ1n) is 5.88. The Morgan fingerprint density at radius 3 is 2.63 bits per heavy atom. The minimum atomic E-state index is -3.77. The zero-order valence-corrected chi connectivity index (χ0v) is 12.7. The summed E-state index contributed by atoms with van der Waals surface area (Å²) in [5, 5.41) is 9.50. The van der Waals surface area contributed by atoms with Crippen molar-refractivity contribution in [2.45, 2.75) is 31.8 Å². The number of hydrogen-bond acceptors (Lipinski definition) is 4. The first-order valence-corrected chi connectivity index (χ1v) is 7.74. The van der Waals surface area contributed by atoms with Crippen molar-refractivity contribution >= 4 is 21.6 Å². The summed E-state index contributed by atoms with van der Waals surface area (Å²) in [6.45, 7) is 5.31. The molecule has 0 aliphatic carbocycles. The Morgan fingerprint density at radius 1 is 1.47 bits per heavy atom. The van der Waals surface area contributed by atoms with Gasteiger partial charge in [0.2, 0.25) is 10.0 Å². The Balaban J connectivity index is 3.20. The summed E-state index contributed by atoms with van der Waals surface area (Å²) in [6.07, 6.45) is -0.772. The van der Waals surface area contributed by atoms with Crippen LogP contribution >= 0.6 is 11.6 Å². The van der Waals surface area contributed by atoms with Gasteiger partial charge < -0.3 is 9.84 Å². The number of aliphatic hydroxyl groups is 1. The molecule has 0 spiro atoms. The van der Waals surface area contributed by atoms with Crippen LogP contribution in [-0.2, 0) is 10.0 Å². The number of aliphatic hydroxyl groups excluding tert-OH is 1. The zero-order chi connectivity index (χ0) is 14.6. The van der Waals surface area contributed by atoms with Crippen molar-refractivity contribution in [2.24, 2.45) is 0 Å². The van der Waals surface area contributed by atoms with Crippen LogP contribution in [0.1, 0.15) is 19.4 Å². The number of nitrogens with one attached hydrogen (secondary N) is 1.